The highest BCUT2D eigenvalue weighted by Gasteiger charge is 2.42. The summed E-state index contributed by atoms with van der Waals surface area (Å²) in [6.45, 7) is 1.30. The van der Waals surface area contributed by atoms with Crippen LogP contribution in [0, 0.1) is 11.7 Å². The Morgan fingerprint density at radius 1 is 1.06 bits per heavy atom. The fourth-order valence-electron chi connectivity index (χ4n) is 4.21. The van der Waals surface area contributed by atoms with Crippen LogP contribution in [0.2, 0.25) is 0 Å². The molecule has 0 radical (unpaired) electrons. The average Bonchev–Trinajstić information content (AvgIpc) is 3.05. The zero-order chi connectivity index (χ0) is 22.0. The first kappa shape index (κ1) is 21.1. The molecule has 31 heavy (non-hydrogen) atoms. The molecule has 2 aliphatic rings. The van der Waals surface area contributed by atoms with Crippen molar-refractivity contribution in [1.29, 1.82) is 0 Å². The van der Waals surface area contributed by atoms with Crippen molar-refractivity contribution in [2.24, 2.45) is 5.92 Å². The third kappa shape index (κ3) is 4.18. The standard InChI is InChI=1S/C24H25FN2O4/c1-31-20-10-4-16(5-11-20)14-27-23(29)21(18-6-8-19(25)9-7-18)22(24(27)30)26-12-2-3-17(13-26)15-28/h4-11,17,28H,2-3,12-15H2,1H3. The highest BCUT2D eigenvalue weighted by atomic mass is 19.1. The number of piperidine rings is 1. The summed E-state index contributed by atoms with van der Waals surface area (Å²) in [7, 11) is 1.58. The third-order valence-corrected chi connectivity index (χ3v) is 5.87. The number of imide groups is 1. The number of nitrogens with zero attached hydrogens (tertiary/aromatic N) is 2. The van der Waals surface area contributed by atoms with E-state index in [1.165, 1.54) is 29.2 Å². The van der Waals surface area contributed by atoms with Crippen molar-refractivity contribution in [2.45, 2.75) is 19.4 Å². The monoisotopic (exact) mass is 424 g/mol. The van der Waals surface area contributed by atoms with Gasteiger partial charge in [0, 0.05) is 19.7 Å². The van der Waals surface area contributed by atoms with Crippen LogP contribution in [-0.2, 0) is 16.1 Å². The first-order valence-corrected chi connectivity index (χ1v) is 10.4. The second-order valence-electron chi connectivity index (χ2n) is 7.91. The molecule has 0 saturated carbocycles. The summed E-state index contributed by atoms with van der Waals surface area (Å²) in [6.07, 6.45) is 1.70. The van der Waals surface area contributed by atoms with Gasteiger partial charge in [-0.15, -0.1) is 0 Å². The van der Waals surface area contributed by atoms with E-state index in [1.54, 1.807) is 19.2 Å². The maximum Gasteiger partial charge on any atom is 0.278 e. The number of rotatable bonds is 6. The number of aliphatic hydroxyl groups excluding tert-OH is 1. The number of aliphatic hydroxyl groups is 1. The number of amides is 2. The van der Waals surface area contributed by atoms with Crippen LogP contribution in [0.4, 0.5) is 4.39 Å². The van der Waals surface area contributed by atoms with Gasteiger partial charge in [0.05, 0.1) is 19.2 Å². The summed E-state index contributed by atoms with van der Waals surface area (Å²) in [4.78, 5) is 30.0. The minimum atomic E-state index is -0.406. The van der Waals surface area contributed by atoms with E-state index in [2.05, 4.69) is 0 Å². The molecular formula is C24H25FN2O4. The van der Waals surface area contributed by atoms with Gasteiger partial charge in [0.15, 0.2) is 0 Å². The van der Waals surface area contributed by atoms with Gasteiger partial charge in [0.2, 0.25) is 0 Å². The number of hydrogen-bond donors (Lipinski definition) is 1. The normalized spacial score (nSPS) is 19.4. The number of hydrogen-bond acceptors (Lipinski definition) is 5. The lowest BCUT2D eigenvalue weighted by Crippen LogP contribution is -2.40. The van der Waals surface area contributed by atoms with Crippen LogP contribution < -0.4 is 4.74 Å². The van der Waals surface area contributed by atoms with Gasteiger partial charge in [-0.2, -0.15) is 0 Å². The molecule has 7 heteroatoms. The number of methoxy groups -OCH3 is 1. The van der Waals surface area contributed by atoms with Crippen molar-refractivity contribution in [3.8, 4) is 5.75 Å². The molecule has 1 N–H and O–H groups in total. The highest BCUT2D eigenvalue weighted by Crippen LogP contribution is 2.35. The lowest BCUT2D eigenvalue weighted by molar-refractivity contribution is -0.138. The van der Waals surface area contributed by atoms with Crippen LogP contribution in [0.3, 0.4) is 0 Å². The lowest BCUT2D eigenvalue weighted by Gasteiger charge is -2.34. The van der Waals surface area contributed by atoms with Crippen LogP contribution in [0.1, 0.15) is 24.0 Å². The molecule has 2 aromatic carbocycles. The number of ether oxygens (including phenoxy) is 1. The second kappa shape index (κ2) is 8.89. The first-order chi connectivity index (χ1) is 15.0. The zero-order valence-electron chi connectivity index (χ0n) is 17.4. The van der Waals surface area contributed by atoms with Gasteiger partial charge in [-0.25, -0.2) is 4.39 Å². The minimum absolute atomic E-state index is 0.0351. The van der Waals surface area contributed by atoms with Gasteiger partial charge in [-0.3, -0.25) is 14.5 Å². The summed E-state index contributed by atoms with van der Waals surface area (Å²) >= 11 is 0. The lowest BCUT2D eigenvalue weighted by atomic mass is 9.97. The third-order valence-electron chi connectivity index (χ3n) is 5.87. The summed E-state index contributed by atoms with van der Waals surface area (Å²) < 4.78 is 18.7. The topological polar surface area (TPSA) is 70.1 Å². The summed E-state index contributed by atoms with van der Waals surface area (Å²) in [5, 5.41) is 9.62. The number of halogens is 1. The van der Waals surface area contributed by atoms with Crippen molar-refractivity contribution in [3.63, 3.8) is 0 Å². The van der Waals surface area contributed by atoms with Crippen LogP contribution in [0.15, 0.2) is 54.2 Å². The first-order valence-electron chi connectivity index (χ1n) is 10.4. The maximum absolute atomic E-state index is 13.5. The summed E-state index contributed by atoms with van der Waals surface area (Å²) in [5.74, 6) is -0.422. The molecule has 1 unspecified atom stereocenters. The van der Waals surface area contributed by atoms with Gasteiger partial charge in [-0.05, 0) is 54.2 Å². The van der Waals surface area contributed by atoms with Crippen LogP contribution in [0.25, 0.3) is 5.57 Å². The second-order valence-corrected chi connectivity index (χ2v) is 7.91. The Balaban J connectivity index is 1.70. The molecule has 0 spiro atoms. The molecule has 6 nitrogen and oxygen atoms in total. The molecule has 162 valence electrons. The zero-order valence-corrected chi connectivity index (χ0v) is 17.4. The quantitative estimate of drug-likeness (QED) is 0.723. The molecule has 2 heterocycles. The van der Waals surface area contributed by atoms with Gasteiger partial charge in [0.1, 0.15) is 17.3 Å². The Hall–Kier alpha value is -3.19. The van der Waals surface area contributed by atoms with E-state index in [1.807, 2.05) is 17.0 Å². The van der Waals surface area contributed by atoms with Crippen molar-refractivity contribution < 1.29 is 23.8 Å². The predicted octanol–water partition coefficient (Wildman–Crippen LogP) is 2.82. The van der Waals surface area contributed by atoms with E-state index in [9.17, 15) is 19.1 Å². The van der Waals surface area contributed by atoms with Crippen molar-refractivity contribution >= 4 is 17.4 Å². The number of carbonyl (C=O) groups excluding carboxylic acids is 2. The number of likely N-dealkylation sites (tertiary alicyclic amines) is 1. The van der Waals surface area contributed by atoms with Gasteiger partial charge in [0.25, 0.3) is 11.8 Å². The van der Waals surface area contributed by atoms with Crippen LogP contribution in [-0.4, -0.2) is 53.5 Å². The van der Waals surface area contributed by atoms with E-state index < -0.39 is 11.7 Å². The Labute approximate surface area is 180 Å². The largest absolute Gasteiger partial charge is 0.497 e. The Morgan fingerprint density at radius 3 is 2.42 bits per heavy atom. The summed E-state index contributed by atoms with van der Waals surface area (Å²) in [6, 6.07) is 12.8. The van der Waals surface area contributed by atoms with E-state index in [4.69, 9.17) is 4.74 Å². The molecule has 2 aromatic rings. The molecule has 4 rings (SSSR count). The molecule has 0 aromatic heterocycles. The molecular weight excluding hydrogens is 399 g/mol. The number of benzene rings is 2. The van der Waals surface area contributed by atoms with Crippen LogP contribution >= 0.6 is 0 Å². The Kier molecular flexibility index (Phi) is 6.04. The molecule has 1 saturated heterocycles. The van der Waals surface area contributed by atoms with Gasteiger partial charge < -0.3 is 14.7 Å². The maximum atomic E-state index is 13.5. The van der Waals surface area contributed by atoms with Gasteiger partial charge in [-0.1, -0.05) is 24.3 Å². The highest BCUT2D eigenvalue weighted by molar-refractivity contribution is 6.35. The van der Waals surface area contributed by atoms with E-state index in [0.29, 0.717) is 30.1 Å². The fourth-order valence-corrected chi connectivity index (χ4v) is 4.21. The fraction of sp³-hybridized carbons (Fsp3) is 0.333. The van der Waals surface area contributed by atoms with Crippen molar-refractivity contribution in [3.05, 3.63) is 71.2 Å². The minimum Gasteiger partial charge on any atom is -0.497 e. The van der Waals surface area contributed by atoms with Crippen LogP contribution in [0.5, 0.6) is 5.75 Å². The predicted molar refractivity (Wildman–Crippen MR) is 113 cm³/mol. The summed E-state index contributed by atoms with van der Waals surface area (Å²) in [5.41, 5.74) is 1.94. The molecule has 1 atom stereocenters. The van der Waals surface area contributed by atoms with Crippen molar-refractivity contribution in [1.82, 2.24) is 9.80 Å². The molecule has 2 aliphatic heterocycles. The molecule has 0 aliphatic carbocycles. The molecule has 0 bridgehead atoms. The van der Waals surface area contributed by atoms with Gasteiger partial charge >= 0.3 is 0 Å². The molecule has 1 fully saturated rings. The average molecular weight is 424 g/mol. The molecule has 2 amide bonds. The van der Waals surface area contributed by atoms with E-state index in [0.717, 1.165) is 18.4 Å². The van der Waals surface area contributed by atoms with Crippen molar-refractivity contribution in [2.75, 3.05) is 26.8 Å². The smallest absolute Gasteiger partial charge is 0.278 e. The van der Waals surface area contributed by atoms with E-state index in [-0.39, 0.29) is 30.5 Å². The Morgan fingerprint density at radius 2 is 1.77 bits per heavy atom. The SMILES string of the molecule is COc1ccc(CN2C(=O)C(c3ccc(F)cc3)=C(N3CCCC(CO)C3)C2=O)cc1. The number of carbonyl (C=O) groups is 2. The van der Waals surface area contributed by atoms with E-state index >= 15 is 0 Å². The Bertz CT molecular complexity index is 1000.